The molecule has 1 aromatic rings. The molecule has 0 saturated heterocycles. The Morgan fingerprint density at radius 1 is 1.69 bits per heavy atom. The van der Waals surface area contributed by atoms with Crippen molar-refractivity contribution in [3.63, 3.8) is 0 Å². The molecule has 0 unspecified atom stereocenters. The summed E-state index contributed by atoms with van der Waals surface area (Å²) < 4.78 is 18.5. The largest absolute Gasteiger partial charge is 0.493 e. The lowest BCUT2D eigenvalue weighted by Crippen LogP contribution is -2.06. The number of carboxylic acids is 1. The fourth-order valence-electron chi connectivity index (χ4n) is 1.61. The molecule has 0 aliphatic carbocycles. The van der Waals surface area contributed by atoms with Gasteiger partial charge in [-0.1, -0.05) is 6.08 Å². The third kappa shape index (κ3) is 2.05. The number of carbonyl (C=O) groups is 1. The van der Waals surface area contributed by atoms with E-state index in [1.54, 1.807) is 13.0 Å². The maximum Gasteiger partial charge on any atom is 0.336 e. The second-order valence-corrected chi connectivity index (χ2v) is 3.34. The summed E-state index contributed by atoms with van der Waals surface area (Å²) >= 11 is 0. The highest BCUT2D eigenvalue weighted by molar-refractivity contribution is 5.90. The van der Waals surface area contributed by atoms with E-state index in [4.69, 9.17) is 9.84 Å². The number of rotatable bonds is 4. The van der Waals surface area contributed by atoms with Crippen LogP contribution in [0.25, 0.3) is 0 Å². The van der Waals surface area contributed by atoms with E-state index in [2.05, 4.69) is 6.58 Å². The Morgan fingerprint density at radius 3 is 2.75 bits per heavy atom. The van der Waals surface area contributed by atoms with Crippen LogP contribution in [0.15, 0.2) is 18.7 Å². The van der Waals surface area contributed by atoms with E-state index in [1.165, 1.54) is 7.11 Å². The lowest BCUT2D eigenvalue weighted by Gasteiger charge is -2.13. The SMILES string of the molecule is C=CCc1c(C)c(C(=O)O)cc(F)c1OC. The molecule has 16 heavy (non-hydrogen) atoms. The second-order valence-electron chi connectivity index (χ2n) is 3.34. The van der Waals surface area contributed by atoms with Gasteiger partial charge >= 0.3 is 5.97 Å². The molecule has 0 atom stereocenters. The molecule has 0 heterocycles. The molecule has 1 aromatic carbocycles. The van der Waals surface area contributed by atoms with E-state index in [0.29, 0.717) is 17.5 Å². The lowest BCUT2D eigenvalue weighted by atomic mass is 9.98. The Labute approximate surface area is 93.2 Å². The molecule has 4 heteroatoms. The number of allylic oxidation sites excluding steroid dienone is 1. The van der Waals surface area contributed by atoms with Crippen molar-refractivity contribution in [2.45, 2.75) is 13.3 Å². The summed E-state index contributed by atoms with van der Waals surface area (Å²) in [5.74, 6) is -1.73. The Kier molecular flexibility index (Phi) is 3.66. The Balaban J connectivity index is 3.51. The van der Waals surface area contributed by atoms with Gasteiger partial charge in [0.25, 0.3) is 0 Å². The van der Waals surface area contributed by atoms with Crippen LogP contribution in [0.3, 0.4) is 0 Å². The van der Waals surface area contributed by atoms with Crippen LogP contribution >= 0.6 is 0 Å². The van der Waals surface area contributed by atoms with Crippen molar-refractivity contribution < 1.29 is 19.0 Å². The molecule has 0 fully saturated rings. The first-order valence-electron chi connectivity index (χ1n) is 4.73. The van der Waals surface area contributed by atoms with Crippen molar-refractivity contribution in [3.05, 3.63) is 41.2 Å². The summed E-state index contributed by atoms with van der Waals surface area (Å²) in [6.07, 6.45) is 1.95. The number of methoxy groups -OCH3 is 1. The molecular weight excluding hydrogens is 211 g/mol. The van der Waals surface area contributed by atoms with Gasteiger partial charge in [0.1, 0.15) is 0 Å². The summed E-state index contributed by atoms with van der Waals surface area (Å²) in [6.45, 7) is 5.18. The second kappa shape index (κ2) is 4.79. The van der Waals surface area contributed by atoms with Crippen molar-refractivity contribution >= 4 is 5.97 Å². The maximum absolute atomic E-state index is 13.6. The van der Waals surface area contributed by atoms with Gasteiger partial charge in [-0.25, -0.2) is 9.18 Å². The van der Waals surface area contributed by atoms with Gasteiger partial charge in [0.2, 0.25) is 0 Å². The lowest BCUT2D eigenvalue weighted by molar-refractivity contribution is 0.0695. The van der Waals surface area contributed by atoms with Crippen molar-refractivity contribution in [1.82, 2.24) is 0 Å². The smallest absolute Gasteiger partial charge is 0.336 e. The quantitative estimate of drug-likeness (QED) is 0.799. The fraction of sp³-hybridized carbons (Fsp3) is 0.250. The number of hydrogen-bond acceptors (Lipinski definition) is 2. The van der Waals surface area contributed by atoms with Crippen LogP contribution in [0.5, 0.6) is 5.75 Å². The average Bonchev–Trinajstić information content (AvgIpc) is 2.23. The molecular formula is C12H13FO3. The maximum atomic E-state index is 13.6. The van der Waals surface area contributed by atoms with Crippen molar-refractivity contribution in [3.8, 4) is 5.75 Å². The fourth-order valence-corrected chi connectivity index (χ4v) is 1.61. The number of ether oxygens (including phenoxy) is 1. The highest BCUT2D eigenvalue weighted by atomic mass is 19.1. The van der Waals surface area contributed by atoms with Crippen molar-refractivity contribution in [2.75, 3.05) is 7.11 Å². The molecule has 0 saturated carbocycles. The van der Waals surface area contributed by atoms with Crippen molar-refractivity contribution in [1.29, 1.82) is 0 Å². The highest BCUT2D eigenvalue weighted by Crippen LogP contribution is 2.29. The first-order valence-corrected chi connectivity index (χ1v) is 4.73. The molecule has 1 rings (SSSR count). The van der Waals surface area contributed by atoms with Gasteiger partial charge in [-0.2, -0.15) is 0 Å². The van der Waals surface area contributed by atoms with Gasteiger partial charge in [-0.05, 0) is 25.0 Å². The van der Waals surface area contributed by atoms with Crippen molar-refractivity contribution in [2.24, 2.45) is 0 Å². The van der Waals surface area contributed by atoms with E-state index in [0.717, 1.165) is 6.07 Å². The Bertz CT molecular complexity index is 438. The highest BCUT2D eigenvalue weighted by Gasteiger charge is 2.18. The molecule has 0 aliphatic rings. The number of benzene rings is 1. The van der Waals surface area contributed by atoms with E-state index in [9.17, 15) is 9.18 Å². The molecule has 0 amide bonds. The summed E-state index contributed by atoms with van der Waals surface area (Å²) in [7, 11) is 1.35. The molecule has 86 valence electrons. The van der Waals surface area contributed by atoms with Crippen LogP contribution in [0, 0.1) is 12.7 Å². The van der Waals surface area contributed by atoms with Crippen LogP contribution in [-0.4, -0.2) is 18.2 Å². The number of halogens is 1. The van der Waals surface area contributed by atoms with E-state index in [-0.39, 0.29) is 11.3 Å². The minimum atomic E-state index is -1.15. The van der Waals surface area contributed by atoms with E-state index >= 15 is 0 Å². The molecule has 0 bridgehead atoms. The van der Waals surface area contributed by atoms with Gasteiger partial charge in [-0.3, -0.25) is 0 Å². The molecule has 0 aromatic heterocycles. The minimum Gasteiger partial charge on any atom is -0.493 e. The zero-order valence-corrected chi connectivity index (χ0v) is 9.21. The predicted molar refractivity (Wildman–Crippen MR) is 58.5 cm³/mol. The monoisotopic (exact) mass is 224 g/mol. The van der Waals surface area contributed by atoms with Crippen LogP contribution in [-0.2, 0) is 6.42 Å². The van der Waals surface area contributed by atoms with Crippen LogP contribution < -0.4 is 4.74 Å². The number of carboxylic acid groups (broad SMARTS) is 1. The zero-order chi connectivity index (χ0) is 12.3. The summed E-state index contributed by atoms with van der Waals surface area (Å²) in [6, 6.07) is 0.975. The van der Waals surface area contributed by atoms with Gasteiger partial charge in [0.05, 0.1) is 12.7 Å². The van der Waals surface area contributed by atoms with Crippen LogP contribution in [0.2, 0.25) is 0 Å². The minimum absolute atomic E-state index is 0.0462. The first-order chi connectivity index (χ1) is 7.52. The number of aromatic carboxylic acids is 1. The molecule has 0 radical (unpaired) electrons. The third-order valence-electron chi connectivity index (χ3n) is 2.40. The molecule has 0 aliphatic heterocycles. The normalized spacial score (nSPS) is 9.94. The topological polar surface area (TPSA) is 46.5 Å². The summed E-state index contributed by atoms with van der Waals surface area (Å²) in [5.41, 5.74) is 0.982. The van der Waals surface area contributed by atoms with E-state index in [1.807, 2.05) is 0 Å². The Morgan fingerprint density at radius 2 is 2.31 bits per heavy atom. The van der Waals surface area contributed by atoms with Crippen LogP contribution in [0.1, 0.15) is 21.5 Å². The van der Waals surface area contributed by atoms with Gasteiger partial charge in [-0.15, -0.1) is 6.58 Å². The average molecular weight is 224 g/mol. The van der Waals surface area contributed by atoms with Crippen LogP contribution in [0.4, 0.5) is 4.39 Å². The zero-order valence-electron chi connectivity index (χ0n) is 9.21. The first kappa shape index (κ1) is 12.2. The van der Waals surface area contributed by atoms with E-state index < -0.39 is 11.8 Å². The number of hydrogen-bond donors (Lipinski definition) is 1. The molecule has 3 nitrogen and oxygen atoms in total. The van der Waals surface area contributed by atoms with Gasteiger partial charge in [0.15, 0.2) is 11.6 Å². The third-order valence-corrected chi connectivity index (χ3v) is 2.40. The molecule has 0 spiro atoms. The Hall–Kier alpha value is -1.84. The standard InChI is InChI=1S/C12H13FO3/c1-4-5-8-7(2)9(12(14)15)6-10(13)11(8)16-3/h4,6H,1,5H2,2-3H3,(H,14,15). The predicted octanol–water partition coefficient (Wildman–Crippen LogP) is 2.57. The van der Waals surface area contributed by atoms with Gasteiger partial charge in [0, 0.05) is 5.56 Å². The summed E-state index contributed by atoms with van der Waals surface area (Å²) in [5, 5.41) is 8.91. The molecule has 1 N–H and O–H groups in total. The summed E-state index contributed by atoms with van der Waals surface area (Å²) in [4.78, 5) is 10.9. The van der Waals surface area contributed by atoms with Gasteiger partial charge < -0.3 is 9.84 Å².